The molecule has 176 valence electrons. The summed E-state index contributed by atoms with van der Waals surface area (Å²) in [6, 6.07) is 8.59. The van der Waals surface area contributed by atoms with Crippen molar-refractivity contribution in [3.8, 4) is 17.2 Å². The molecule has 0 spiro atoms. The average Bonchev–Trinajstić information content (AvgIpc) is 3.06. The summed E-state index contributed by atoms with van der Waals surface area (Å²) in [5, 5.41) is 11.5. The second kappa shape index (κ2) is 10.6. The summed E-state index contributed by atoms with van der Waals surface area (Å²) in [6.45, 7) is 6.61. The van der Waals surface area contributed by atoms with Crippen LogP contribution in [0.5, 0.6) is 17.2 Å². The number of benzene rings is 2. The first-order valence-electron chi connectivity index (χ1n) is 11.4. The number of nitrogens with zero attached hydrogens (tertiary/aromatic N) is 1. The topological polar surface area (TPSA) is 72.1 Å². The molecule has 2 aromatic carbocycles. The van der Waals surface area contributed by atoms with Gasteiger partial charge in [-0.15, -0.1) is 0 Å². The van der Waals surface area contributed by atoms with E-state index in [-0.39, 0.29) is 17.8 Å². The fourth-order valence-corrected chi connectivity index (χ4v) is 4.31. The predicted octanol–water partition coefficient (Wildman–Crippen LogP) is 5.47. The molecule has 0 saturated carbocycles. The fraction of sp³-hybridized carbons (Fsp3) is 0.423. The zero-order valence-corrected chi connectivity index (χ0v) is 19.9. The molecule has 1 saturated heterocycles. The van der Waals surface area contributed by atoms with Crippen LogP contribution in [0.2, 0.25) is 5.02 Å². The minimum Gasteiger partial charge on any atom is -0.491 e. The van der Waals surface area contributed by atoms with Gasteiger partial charge >= 0.3 is 0 Å². The number of aliphatic hydroxyl groups is 1. The van der Waals surface area contributed by atoms with Gasteiger partial charge in [-0.25, -0.2) is 0 Å². The van der Waals surface area contributed by atoms with Crippen LogP contribution in [0.3, 0.4) is 0 Å². The van der Waals surface area contributed by atoms with Gasteiger partial charge in [0.25, 0.3) is 0 Å². The molecule has 0 bridgehead atoms. The maximum atomic E-state index is 12.9. The molecule has 0 amide bonds. The van der Waals surface area contributed by atoms with E-state index in [2.05, 4.69) is 4.90 Å². The van der Waals surface area contributed by atoms with Gasteiger partial charge in [-0.05, 0) is 75.2 Å². The van der Waals surface area contributed by atoms with Crippen molar-refractivity contribution in [2.75, 3.05) is 26.2 Å². The van der Waals surface area contributed by atoms with Crippen molar-refractivity contribution in [2.45, 2.75) is 45.6 Å². The zero-order valence-electron chi connectivity index (χ0n) is 19.1. The van der Waals surface area contributed by atoms with Gasteiger partial charge in [0.05, 0.1) is 5.39 Å². The van der Waals surface area contributed by atoms with Crippen LogP contribution < -0.4 is 14.9 Å². The molecule has 0 unspecified atom stereocenters. The molecule has 6 nitrogen and oxygen atoms in total. The first-order chi connectivity index (χ1) is 15.9. The molecule has 7 heteroatoms. The Morgan fingerprint density at radius 2 is 1.76 bits per heavy atom. The largest absolute Gasteiger partial charge is 0.491 e. The number of aliphatic hydroxyl groups excluding tert-OH is 1. The Balaban J connectivity index is 1.42. The number of ether oxygens (including phenoxy) is 2. The highest BCUT2D eigenvalue weighted by Gasteiger charge is 2.15. The van der Waals surface area contributed by atoms with Crippen LogP contribution in [0.1, 0.15) is 36.8 Å². The van der Waals surface area contributed by atoms with Crippen molar-refractivity contribution in [1.82, 2.24) is 4.90 Å². The van der Waals surface area contributed by atoms with Crippen LogP contribution in [-0.2, 0) is 0 Å². The summed E-state index contributed by atoms with van der Waals surface area (Å²) < 4.78 is 17.2. The molecular formula is C26H30ClNO5. The van der Waals surface area contributed by atoms with E-state index < -0.39 is 6.10 Å². The van der Waals surface area contributed by atoms with Crippen LogP contribution in [0.15, 0.2) is 45.8 Å². The molecule has 1 fully saturated rings. The van der Waals surface area contributed by atoms with Crippen LogP contribution in [0.4, 0.5) is 0 Å². The molecule has 3 aromatic rings. The molecule has 1 atom stereocenters. The minimum atomic E-state index is -0.576. The van der Waals surface area contributed by atoms with E-state index in [4.69, 9.17) is 25.5 Å². The summed E-state index contributed by atoms with van der Waals surface area (Å²) in [5.41, 5.74) is 1.87. The lowest BCUT2D eigenvalue weighted by atomic mass is 10.1. The van der Waals surface area contributed by atoms with Crippen molar-refractivity contribution < 1.29 is 19.0 Å². The second-order valence-electron chi connectivity index (χ2n) is 8.74. The van der Waals surface area contributed by atoms with E-state index in [9.17, 15) is 9.90 Å². The van der Waals surface area contributed by atoms with Gasteiger partial charge < -0.3 is 23.9 Å². The number of hydrogen-bond donors (Lipinski definition) is 1. The lowest BCUT2D eigenvalue weighted by molar-refractivity contribution is 0.0694. The first-order valence-corrected chi connectivity index (χ1v) is 11.8. The number of halogens is 1. The number of rotatable bonds is 7. The normalized spacial score (nSPS) is 15.9. The smallest absolute Gasteiger partial charge is 0.235 e. The highest BCUT2D eigenvalue weighted by molar-refractivity contribution is 6.32. The lowest BCUT2D eigenvalue weighted by Crippen LogP contribution is -2.36. The average molecular weight is 472 g/mol. The maximum Gasteiger partial charge on any atom is 0.235 e. The highest BCUT2D eigenvalue weighted by Crippen LogP contribution is 2.29. The molecule has 2 heterocycles. The monoisotopic (exact) mass is 471 g/mol. The molecule has 0 aliphatic carbocycles. The molecule has 0 radical (unpaired) electrons. The Bertz CT molecular complexity index is 1140. The molecule has 1 N–H and O–H groups in total. The van der Waals surface area contributed by atoms with E-state index in [0.717, 1.165) is 24.2 Å². The summed E-state index contributed by atoms with van der Waals surface area (Å²) in [4.78, 5) is 15.2. The molecule has 1 aromatic heterocycles. The first kappa shape index (κ1) is 23.6. The lowest BCUT2D eigenvalue weighted by Gasteiger charge is -2.23. The van der Waals surface area contributed by atoms with Crippen molar-refractivity contribution >= 4 is 22.6 Å². The van der Waals surface area contributed by atoms with Gasteiger partial charge in [-0.3, -0.25) is 4.79 Å². The van der Waals surface area contributed by atoms with Crippen molar-refractivity contribution in [2.24, 2.45) is 0 Å². The maximum absolute atomic E-state index is 12.9. The van der Waals surface area contributed by atoms with Gasteiger partial charge in [0, 0.05) is 17.6 Å². The Kier molecular flexibility index (Phi) is 7.58. The van der Waals surface area contributed by atoms with E-state index in [0.29, 0.717) is 34.0 Å². The number of β-amino-alcohol motifs (C(OH)–C–C–N with tert-alkyl or cyclic N) is 1. The predicted molar refractivity (Wildman–Crippen MR) is 130 cm³/mol. The number of hydrogen-bond acceptors (Lipinski definition) is 6. The summed E-state index contributed by atoms with van der Waals surface area (Å²) >= 11 is 6.21. The fourth-order valence-electron chi connectivity index (χ4n) is 4.21. The van der Waals surface area contributed by atoms with Crippen molar-refractivity contribution in [3.05, 3.63) is 63.0 Å². The quantitative estimate of drug-likeness (QED) is 0.492. The van der Waals surface area contributed by atoms with Gasteiger partial charge in [0.15, 0.2) is 0 Å². The molecule has 1 aliphatic rings. The van der Waals surface area contributed by atoms with E-state index in [1.54, 1.807) is 30.3 Å². The van der Waals surface area contributed by atoms with Crippen molar-refractivity contribution in [1.29, 1.82) is 0 Å². The van der Waals surface area contributed by atoms with Gasteiger partial charge in [0.1, 0.15) is 36.1 Å². The Labute approximate surface area is 198 Å². The second-order valence-corrected chi connectivity index (χ2v) is 9.12. The SMILES string of the molecule is Cc1cc(Oc2coc3cc(OC[C@@H](O)CN4CCCCCC4)ccc3c2=O)cc(C)c1Cl. The number of likely N-dealkylation sites (tertiary alicyclic amines) is 1. The van der Waals surface area contributed by atoms with Gasteiger partial charge in [0.2, 0.25) is 11.2 Å². The standard InChI is InChI=1S/C26H30ClNO5/c1-17-11-21(12-18(2)25(17)27)33-24-16-32-23-13-20(7-8-22(23)26(24)30)31-15-19(29)14-28-9-5-3-4-6-10-28/h7-8,11-13,16,19,29H,3-6,9-10,14-15H2,1-2H3/t19-/m0/s1. The van der Waals surface area contributed by atoms with Gasteiger partial charge in [-0.1, -0.05) is 24.4 Å². The minimum absolute atomic E-state index is 0.102. The third-order valence-electron chi connectivity index (χ3n) is 5.96. The molecule has 1 aliphatic heterocycles. The van der Waals surface area contributed by atoms with Crippen molar-refractivity contribution in [3.63, 3.8) is 0 Å². The third-order valence-corrected chi connectivity index (χ3v) is 6.56. The van der Waals surface area contributed by atoms with E-state index >= 15 is 0 Å². The van der Waals surface area contributed by atoms with Crippen LogP contribution >= 0.6 is 11.6 Å². The summed E-state index contributed by atoms with van der Waals surface area (Å²) in [6.07, 6.45) is 5.62. The number of fused-ring (bicyclic) bond motifs is 1. The van der Waals surface area contributed by atoms with E-state index in [1.165, 1.54) is 31.9 Å². The Morgan fingerprint density at radius 3 is 2.45 bits per heavy atom. The summed E-state index contributed by atoms with van der Waals surface area (Å²) in [7, 11) is 0. The van der Waals surface area contributed by atoms with Crippen LogP contribution in [-0.4, -0.2) is 42.4 Å². The molecule has 33 heavy (non-hydrogen) atoms. The third kappa shape index (κ3) is 5.88. The van der Waals surface area contributed by atoms with E-state index in [1.807, 2.05) is 13.8 Å². The number of aryl methyl sites for hydroxylation is 2. The zero-order chi connectivity index (χ0) is 23.4. The van der Waals surface area contributed by atoms with Crippen LogP contribution in [0.25, 0.3) is 11.0 Å². The van der Waals surface area contributed by atoms with Gasteiger partial charge in [-0.2, -0.15) is 0 Å². The summed E-state index contributed by atoms with van der Waals surface area (Å²) in [5.74, 6) is 1.17. The Hall–Kier alpha value is -2.54. The molecular weight excluding hydrogens is 442 g/mol. The Morgan fingerprint density at radius 1 is 1.06 bits per heavy atom. The highest BCUT2D eigenvalue weighted by atomic mass is 35.5. The van der Waals surface area contributed by atoms with Crippen LogP contribution in [0, 0.1) is 13.8 Å². The molecule has 4 rings (SSSR count).